The van der Waals surface area contributed by atoms with Crippen LogP contribution in [0.25, 0.3) is 22.8 Å². The van der Waals surface area contributed by atoms with Crippen molar-refractivity contribution in [1.82, 2.24) is 10.1 Å². The van der Waals surface area contributed by atoms with Crippen molar-refractivity contribution in [2.24, 2.45) is 0 Å². The van der Waals surface area contributed by atoms with Gasteiger partial charge in [0.15, 0.2) is 0 Å². The number of hydrogen-bond donors (Lipinski definition) is 1. The molecule has 2 N–H and O–H groups in total. The number of halogens is 3. The van der Waals surface area contributed by atoms with Crippen molar-refractivity contribution in [1.29, 1.82) is 0 Å². The van der Waals surface area contributed by atoms with Gasteiger partial charge in [-0.1, -0.05) is 33.2 Å². The van der Waals surface area contributed by atoms with E-state index in [0.717, 1.165) is 10.5 Å². The van der Waals surface area contributed by atoms with Gasteiger partial charge in [-0.25, -0.2) is 8.78 Å². The SMILES string of the molecule is Nc1cc(-c2nc(-c3ccccc3Br)no2)c(F)cc1F. The average molecular weight is 352 g/mol. The Balaban J connectivity index is 2.07. The zero-order chi connectivity index (χ0) is 15.0. The van der Waals surface area contributed by atoms with Crippen molar-refractivity contribution >= 4 is 21.6 Å². The lowest BCUT2D eigenvalue weighted by atomic mass is 10.1. The van der Waals surface area contributed by atoms with E-state index >= 15 is 0 Å². The summed E-state index contributed by atoms with van der Waals surface area (Å²) in [7, 11) is 0. The number of hydrogen-bond acceptors (Lipinski definition) is 4. The fourth-order valence-corrected chi connectivity index (χ4v) is 2.28. The molecule has 0 saturated heterocycles. The monoisotopic (exact) mass is 351 g/mol. The zero-order valence-corrected chi connectivity index (χ0v) is 12.1. The summed E-state index contributed by atoms with van der Waals surface area (Å²) in [5.41, 5.74) is 5.90. The first-order valence-corrected chi connectivity index (χ1v) is 6.69. The molecule has 106 valence electrons. The van der Waals surface area contributed by atoms with Crippen molar-refractivity contribution in [3.8, 4) is 22.8 Å². The molecule has 7 heteroatoms. The highest BCUT2D eigenvalue weighted by molar-refractivity contribution is 9.10. The molecule has 0 unspecified atom stereocenters. The maximum Gasteiger partial charge on any atom is 0.261 e. The Bertz CT molecular complexity index is 820. The molecule has 1 aromatic heterocycles. The van der Waals surface area contributed by atoms with Crippen LogP contribution in [0.2, 0.25) is 0 Å². The van der Waals surface area contributed by atoms with Gasteiger partial charge in [-0.15, -0.1) is 0 Å². The van der Waals surface area contributed by atoms with E-state index in [4.69, 9.17) is 10.3 Å². The highest BCUT2D eigenvalue weighted by Gasteiger charge is 2.17. The van der Waals surface area contributed by atoms with Gasteiger partial charge in [-0.2, -0.15) is 4.98 Å². The largest absolute Gasteiger partial charge is 0.396 e. The summed E-state index contributed by atoms with van der Waals surface area (Å²) in [5.74, 6) is -1.42. The molecule has 0 spiro atoms. The minimum absolute atomic E-state index is 0.0419. The lowest BCUT2D eigenvalue weighted by Gasteiger charge is -2.00. The standard InChI is InChI=1S/C14H8BrF2N3O/c15-9-4-2-1-3-7(9)13-19-14(21-20-13)8-5-12(18)11(17)6-10(8)16/h1-6H,18H2. The minimum Gasteiger partial charge on any atom is -0.396 e. The Kier molecular flexibility index (Phi) is 3.42. The second-order valence-corrected chi connectivity index (χ2v) is 5.11. The van der Waals surface area contributed by atoms with Gasteiger partial charge in [-0.05, 0) is 18.2 Å². The number of nitrogens with two attached hydrogens (primary N) is 1. The number of nitrogens with zero attached hydrogens (tertiary/aromatic N) is 2. The maximum absolute atomic E-state index is 13.8. The Labute approximate surface area is 126 Å². The molecule has 3 rings (SSSR count). The van der Waals surface area contributed by atoms with Crippen LogP contribution in [0.5, 0.6) is 0 Å². The van der Waals surface area contributed by atoms with E-state index in [-0.39, 0.29) is 17.1 Å². The van der Waals surface area contributed by atoms with Gasteiger partial charge in [0, 0.05) is 16.1 Å². The number of benzene rings is 2. The van der Waals surface area contributed by atoms with Crippen molar-refractivity contribution in [3.05, 3.63) is 52.5 Å². The first-order chi connectivity index (χ1) is 10.1. The van der Waals surface area contributed by atoms with Gasteiger partial charge >= 0.3 is 0 Å². The van der Waals surface area contributed by atoms with Crippen LogP contribution in [0.3, 0.4) is 0 Å². The second kappa shape index (κ2) is 5.25. The van der Waals surface area contributed by atoms with Crippen LogP contribution < -0.4 is 5.73 Å². The van der Waals surface area contributed by atoms with Gasteiger partial charge in [0.25, 0.3) is 5.89 Å². The number of aromatic nitrogens is 2. The molecular formula is C14H8BrF2N3O. The smallest absolute Gasteiger partial charge is 0.261 e. The van der Waals surface area contributed by atoms with E-state index in [9.17, 15) is 8.78 Å². The van der Waals surface area contributed by atoms with E-state index in [1.54, 1.807) is 6.07 Å². The van der Waals surface area contributed by atoms with Crippen molar-refractivity contribution in [2.45, 2.75) is 0 Å². The molecule has 0 amide bonds. The Morgan fingerprint density at radius 1 is 1.05 bits per heavy atom. The van der Waals surface area contributed by atoms with E-state index in [2.05, 4.69) is 26.1 Å². The summed E-state index contributed by atoms with van der Waals surface area (Å²) >= 11 is 3.37. The summed E-state index contributed by atoms with van der Waals surface area (Å²) in [6.45, 7) is 0. The lowest BCUT2D eigenvalue weighted by molar-refractivity contribution is 0.429. The molecule has 21 heavy (non-hydrogen) atoms. The zero-order valence-electron chi connectivity index (χ0n) is 10.5. The molecule has 0 aliphatic rings. The first-order valence-electron chi connectivity index (χ1n) is 5.90. The molecule has 0 saturated carbocycles. The van der Waals surface area contributed by atoms with E-state index in [0.29, 0.717) is 17.5 Å². The van der Waals surface area contributed by atoms with Gasteiger partial charge < -0.3 is 10.3 Å². The summed E-state index contributed by atoms with van der Waals surface area (Å²) in [5, 5.41) is 3.80. The molecule has 4 nitrogen and oxygen atoms in total. The third-order valence-electron chi connectivity index (χ3n) is 2.86. The number of anilines is 1. The molecular weight excluding hydrogens is 344 g/mol. The quantitative estimate of drug-likeness (QED) is 0.708. The third kappa shape index (κ3) is 2.52. The van der Waals surface area contributed by atoms with Crippen LogP contribution in [0.1, 0.15) is 0 Å². The number of nitrogen functional groups attached to an aromatic ring is 1. The fraction of sp³-hybridized carbons (Fsp3) is 0. The predicted octanol–water partition coefficient (Wildman–Crippen LogP) is 4.03. The summed E-state index contributed by atoms with van der Waals surface area (Å²) in [4.78, 5) is 4.12. The summed E-state index contributed by atoms with van der Waals surface area (Å²) in [6, 6.07) is 9.08. The highest BCUT2D eigenvalue weighted by atomic mass is 79.9. The van der Waals surface area contributed by atoms with Gasteiger partial charge in [0.1, 0.15) is 11.6 Å². The third-order valence-corrected chi connectivity index (χ3v) is 3.55. The topological polar surface area (TPSA) is 64.9 Å². The molecule has 0 aliphatic heterocycles. The molecule has 3 aromatic rings. The van der Waals surface area contributed by atoms with Crippen LogP contribution in [-0.2, 0) is 0 Å². The highest BCUT2D eigenvalue weighted by Crippen LogP contribution is 2.30. The molecule has 0 atom stereocenters. The van der Waals surface area contributed by atoms with Crippen LogP contribution in [0, 0.1) is 11.6 Å². The van der Waals surface area contributed by atoms with Crippen LogP contribution >= 0.6 is 15.9 Å². The van der Waals surface area contributed by atoms with Crippen LogP contribution in [0.15, 0.2) is 45.4 Å². The second-order valence-electron chi connectivity index (χ2n) is 4.26. The van der Waals surface area contributed by atoms with Crippen molar-refractivity contribution in [2.75, 3.05) is 5.73 Å². The number of rotatable bonds is 2. The lowest BCUT2D eigenvalue weighted by Crippen LogP contribution is -1.94. The Morgan fingerprint density at radius 2 is 1.81 bits per heavy atom. The fourth-order valence-electron chi connectivity index (χ4n) is 1.81. The molecule has 0 radical (unpaired) electrons. The molecule has 2 aromatic carbocycles. The molecule has 0 aliphatic carbocycles. The molecule has 1 heterocycles. The van der Waals surface area contributed by atoms with Gasteiger partial charge in [-0.3, -0.25) is 0 Å². The Morgan fingerprint density at radius 3 is 2.57 bits per heavy atom. The maximum atomic E-state index is 13.8. The van der Waals surface area contributed by atoms with Gasteiger partial charge in [0.05, 0.1) is 11.3 Å². The van der Waals surface area contributed by atoms with Gasteiger partial charge in [0.2, 0.25) is 5.82 Å². The Hall–Kier alpha value is -2.28. The van der Waals surface area contributed by atoms with Crippen molar-refractivity contribution < 1.29 is 13.3 Å². The first kappa shape index (κ1) is 13.7. The minimum atomic E-state index is -0.832. The van der Waals surface area contributed by atoms with E-state index in [1.165, 1.54) is 0 Å². The average Bonchev–Trinajstić information content (AvgIpc) is 2.92. The molecule has 0 fully saturated rings. The predicted molar refractivity (Wildman–Crippen MR) is 77.2 cm³/mol. The van der Waals surface area contributed by atoms with Crippen LogP contribution in [0.4, 0.5) is 14.5 Å². The summed E-state index contributed by atoms with van der Waals surface area (Å²) < 4.78 is 32.7. The summed E-state index contributed by atoms with van der Waals surface area (Å²) in [6.07, 6.45) is 0. The van der Waals surface area contributed by atoms with E-state index in [1.807, 2.05) is 18.2 Å². The molecule has 0 bridgehead atoms. The normalized spacial score (nSPS) is 10.8. The van der Waals surface area contributed by atoms with Crippen LogP contribution in [-0.4, -0.2) is 10.1 Å². The van der Waals surface area contributed by atoms with E-state index < -0.39 is 11.6 Å². The van der Waals surface area contributed by atoms with Crippen molar-refractivity contribution in [3.63, 3.8) is 0 Å².